The van der Waals surface area contributed by atoms with Gasteiger partial charge in [-0.3, -0.25) is 0 Å². The van der Waals surface area contributed by atoms with Crippen molar-refractivity contribution in [2.45, 2.75) is 31.3 Å². The Balaban J connectivity index is 1.75. The van der Waals surface area contributed by atoms with Gasteiger partial charge in [0.1, 0.15) is 0 Å². The number of fused-ring (bicyclic) bond motifs is 5. The quantitative estimate of drug-likeness (QED) is 0.365. The lowest BCUT2D eigenvalue weighted by molar-refractivity contribution is 0.454. The Labute approximate surface area is 171 Å². The Morgan fingerprint density at radius 3 is 2.38 bits per heavy atom. The van der Waals surface area contributed by atoms with Crippen LogP contribution in [-0.2, 0) is 6.42 Å². The van der Waals surface area contributed by atoms with Gasteiger partial charge in [-0.1, -0.05) is 75.2 Å². The van der Waals surface area contributed by atoms with Crippen LogP contribution in [-0.4, -0.2) is 0 Å². The standard InChI is InChI=1S/C23H19Br2N/c1-14-20-13-18(25)7-9-19(20)22-12-16-11-17(24)8-10-21(16)26(22)23(14)15-5-3-2-4-6-15/h2-11,13-14,22-23H,12H2,1H3. The molecule has 130 valence electrons. The molecule has 0 fully saturated rings. The maximum atomic E-state index is 3.68. The zero-order chi connectivity index (χ0) is 17.8. The second-order valence-electron chi connectivity index (χ2n) is 7.32. The number of hydrogen-bond donors (Lipinski definition) is 0. The fourth-order valence-corrected chi connectivity index (χ4v) is 5.59. The molecule has 26 heavy (non-hydrogen) atoms. The second kappa shape index (κ2) is 6.24. The van der Waals surface area contributed by atoms with Crippen LogP contribution in [0, 0.1) is 0 Å². The van der Waals surface area contributed by atoms with E-state index in [4.69, 9.17) is 0 Å². The third kappa shape index (κ3) is 2.48. The molecule has 3 aromatic carbocycles. The zero-order valence-corrected chi connectivity index (χ0v) is 17.7. The summed E-state index contributed by atoms with van der Waals surface area (Å²) in [5, 5.41) is 0. The van der Waals surface area contributed by atoms with Crippen LogP contribution in [0.1, 0.15) is 47.2 Å². The Morgan fingerprint density at radius 2 is 1.58 bits per heavy atom. The third-order valence-electron chi connectivity index (χ3n) is 5.88. The molecule has 0 saturated carbocycles. The minimum atomic E-state index is 0.352. The van der Waals surface area contributed by atoms with Crippen molar-refractivity contribution in [2.75, 3.05) is 4.90 Å². The molecule has 0 N–H and O–H groups in total. The van der Waals surface area contributed by atoms with Crippen molar-refractivity contribution in [3.8, 4) is 0 Å². The van der Waals surface area contributed by atoms with E-state index in [-0.39, 0.29) is 0 Å². The third-order valence-corrected chi connectivity index (χ3v) is 6.87. The van der Waals surface area contributed by atoms with E-state index in [1.54, 1.807) is 0 Å². The number of halogens is 2. The predicted molar refractivity (Wildman–Crippen MR) is 115 cm³/mol. The van der Waals surface area contributed by atoms with E-state index in [1.807, 2.05) is 0 Å². The van der Waals surface area contributed by atoms with Gasteiger partial charge in [0.05, 0.1) is 12.1 Å². The Morgan fingerprint density at radius 1 is 0.846 bits per heavy atom. The maximum absolute atomic E-state index is 3.68. The molecule has 0 amide bonds. The minimum absolute atomic E-state index is 0.352. The lowest BCUT2D eigenvalue weighted by Gasteiger charge is -2.45. The Hall–Kier alpha value is -1.58. The van der Waals surface area contributed by atoms with Crippen molar-refractivity contribution in [3.05, 3.63) is 97.9 Å². The van der Waals surface area contributed by atoms with Crippen LogP contribution in [0.2, 0.25) is 0 Å². The summed E-state index contributed by atoms with van der Waals surface area (Å²) >= 11 is 7.34. The number of rotatable bonds is 1. The summed E-state index contributed by atoms with van der Waals surface area (Å²) in [6, 6.07) is 25.3. The number of anilines is 1. The highest BCUT2D eigenvalue weighted by Gasteiger charge is 2.43. The first kappa shape index (κ1) is 16.6. The molecule has 0 aliphatic carbocycles. The zero-order valence-electron chi connectivity index (χ0n) is 14.5. The lowest BCUT2D eigenvalue weighted by Crippen LogP contribution is -2.38. The van der Waals surface area contributed by atoms with Gasteiger partial charge in [-0.15, -0.1) is 0 Å². The van der Waals surface area contributed by atoms with Crippen LogP contribution in [0.15, 0.2) is 75.7 Å². The first-order chi connectivity index (χ1) is 12.6. The SMILES string of the molecule is CC1c2cc(Br)ccc2C2Cc3cc(Br)ccc3N2C1c1ccccc1. The normalized spacial score (nSPS) is 23.3. The summed E-state index contributed by atoms with van der Waals surface area (Å²) in [7, 11) is 0. The van der Waals surface area contributed by atoms with Crippen LogP contribution in [0.25, 0.3) is 0 Å². The van der Waals surface area contributed by atoms with E-state index in [0.29, 0.717) is 18.0 Å². The molecule has 2 heterocycles. The molecule has 3 atom stereocenters. The van der Waals surface area contributed by atoms with Crippen molar-refractivity contribution in [2.24, 2.45) is 0 Å². The molecule has 3 aromatic rings. The van der Waals surface area contributed by atoms with Crippen molar-refractivity contribution in [3.63, 3.8) is 0 Å². The van der Waals surface area contributed by atoms with Gasteiger partial charge >= 0.3 is 0 Å². The summed E-state index contributed by atoms with van der Waals surface area (Å²) in [6.07, 6.45) is 1.07. The van der Waals surface area contributed by atoms with Gasteiger partial charge in [0, 0.05) is 20.6 Å². The van der Waals surface area contributed by atoms with Crippen LogP contribution >= 0.6 is 31.9 Å². The highest BCUT2D eigenvalue weighted by molar-refractivity contribution is 9.10. The lowest BCUT2D eigenvalue weighted by atomic mass is 9.78. The second-order valence-corrected chi connectivity index (χ2v) is 9.15. The summed E-state index contributed by atoms with van der Waals surface area (Å²) < 4.78 is 2.33. The van der Waals surface area contributed by atoms with E-state index in [2.05, 4.69) is 110 Å². The molecule has 0 aromatic heterocycles. The number of benzene rings is 3. The average Bonchev–Trinajstić information content (AvgIpc) is 3.01. The molecule has 0 bridgehead atoms. The Bertz CT molecular complexity index is 983. The smallest absolute Gasteiger partial charge is 0.0615 e. The molecule has 5 rings (SSSR count). The summed E-state index contributed by atoms with van der Waals surface area (Å²) in [5.74, 6) is 0.427. The average molecular weight is 469 g/mol. The fourth-order valence-electron chi connectivity index (χ4n) is 4.80. The van der Waals surface area contributed by atoms with Gasteiger partial charge in [0.15, 0.2) is 0 Å². The molecule has 0 spiro atoms. The van der Waals surface area contributed by atoms with E-state index in [9.17, 15) is 0 Å². The highest BCUT2D eigenvalue weighted by Crippen LogP contribution is 2.55. The first-order valence-electron chi connectivity index (χ1n) is 9.04. The number of nitrogens with zero attached hydrogens (tertiary/aromatic N) is 1. The van der Waals surface area contributed by atoms with Gasteiger partial charge in [-0.2, -0.15) is 0 Å². The van der Waals surface area contributed by atoms with Gasteiger partial charge in [0.25, 0.3) is 0 Å². The van der Waals surface area contributed by atoms with Crippen molar-refractivity contribution in [1.82, 2.24) is 0 Å². The molecule has 0 radical (unpaired) electrons. The van der Waals surface area contributed by atoms with E-state index in [0.717, 1.165) is 10.9 Å². The molecule has 3 heteroatoms. The van der Waals surface area contributed by atoms with Gasteiger partial charge in [0.2, 0.25) is 0 Å². The largest absolute Gasteiger partial charge is 0.356 e. The first-order valence-corrected chi connectivity index (χ1v) is 10.6. The van der Waals surface area contributed by atoms with Crippen LogP contribution in [0.5, 0.6) is 0 Å². The van der Waals surface area contributed by atoms with Crippen LogP contribution < -0.4 is 4.90 Å². The van der Waals surface area contributed by atoms with E-state index < -0.39 is 0 Å². The summed E-state index contributed by atoms with van der Waals surface area (Å²) in [6.45, 7) is 2.37. The van der Waals surface area contributed by atoms with Crippen molar-refractivity contribution in [1.29, 1.82) is 0 Å². The highest BCUT2D eigenvalue weighted by atomic mass is 79.9. The van der Waals surface area contributed by atoms with Gasteiger partial charge in [-0.25, -0.2) is 0 Å². The monoisotopic (exact) mass is 467 g/mol. The van der Waals surface area contributed by atoms with Crippen LogP contribution in [0.4, 0.5) is 5.69 Å². The molecule has 2 aliphatic rings. The van der Waals surface area contributed by atoms with Gasteiger partial charge in [-0.05, 0) is 59.0 Å². The topological polar surface area (TPSA) is 3.24 Å². The molecule has 3 unspecified atom stereocenters. The maximum Gasteiger partial charge on any atom is 0.0615 e. The minimum Gasteiger partial charge on any atom is -0.356 e. The predicted octanol–water partition coefficient (Wildman–Crippen LogP) is 7.17. The fraction of sp³-hybridized carbons (Fsp3) is 0.217. The Kier molecular flexibility index (Phi) is 3.98. The van der Waals surface area contributed by atoms with Crippen molar-refractivity contribution >= 4 is 37.5 Å². The summed E-state index contributed by atoms with van der Waals surface area (Å²) in [4.78, 5) is 2.66. The number of hydrogen-bond acceptors (Lipinski definition) is 1. The molecule has 1 nitrogen and oxygen atoms in total. The van der Waals surface area contributed by atoms with Crippen LogP contribution in [0.3, 0.4) is 0 Å². The van der Waals surface area contributed by atoms with E-state index >= 15 is 0 Å². The molecular weight excluding hydrogens is 450 g/mol. The molecule has 0 saturated heterocycles. The van der Waals surface area contributed by atoms with Gasteiger partial charge < -0.3 is 4.90 Å². The molecular formula is C23H19Br2N. The van der Waals surface area contributed by atoms with Crippen molar-refractivity contribution < 1.29 is 0 Å². The summed E-state index contributed by atoms with van der Waals surface area (Å²) in [5.41, 5.74) is 7.16. The molecule has 2 aliphatic heterocycles. The van der Waals surface area contributed by atoms with E-state index in [1.165, 1.54) is 32.4 Å².